The van der Waals surface area contributed by atoms with Crippen molar-refractivity contribution in [1.82, 2.24) is 0 Å². The Labute approximate surface area is 105 Å². The fourth-order valence-electron chi connectivity index (χ4n) is 1.08. The third-order valence-electron chi connectivity index (χ3n) is 1.89. The molecule has 0 bridgehead atoms. The number of thiophene rings is 2. The molecule has 2 atom stereocenters. The first kappa shape index (κ1) is 13.2. The highest BCUT2D eigenvalue weighted by Gasteiger charge is 2.35. The SMILES string of the molecule is O=P(O)(OP(=O)(O)c1ccsc1)c1ccsc1. The van der Waals surface area contributed by atoms with Gasteiger partial charge in [-0.3, -0.25) is 9.13 Å². The molecule has 2 aromatic rings. The summed E-state index contributed by atoms with van der Waals surface area (Å²) in [5.41, 5.74) is 0. The smallest absolute Gasteiger partial charge is 0.321 e. The van der Waals surface area contributed by atoms with Crippen molar-refractivity contribution in [2.45, 2.75) is 0 Å². The zero-order valence-electron chi connectivity index (χ0n) is 8.29. The van der Waals surface area contributed by atoms with Crippen molar-refractivity contribution in [3.8, 4) is 0 Å². The van der Waals surface area contributed by atoms with Gasteiger partial charge in [-0.05, 0) is 22.9 Å². The van der Waals surface area contributed by atoms with Gasteiger partial charge in [-0.2, -0.15) is 22.7 Å². The summed E-state index contributed by atoms with van der Waals surface area (Å²) in [5.74, 6) is 0. The molecular formula is C8H8O5P2S2. The van der Waals surface area contributed by atoms with E-state index in [4.69, 9.17) is 0 Å². The molecule has 0 aliphatic rings. The van der Waals surface area contributed by atoms with Crippen LogP contribution >= 0.6 is 37.9 Å². The van der Waals surface area contributed by atoms with E-state index in [0.717, 1.165) is 0 Å². The number of rotatable bonds is 4. The van der Waals surface area contributed by atoms with Gasteiger partial charge in [-0.15, -0.1) is 0 Å². The summed E-state index contributed by atoms with van der Waals surface area (Å²) in [6, 6.07) is 2.78. The molecule has 0 radical (unpaired) electrons. The highest BCUT2D eigenvalue weighted by molar-refractivity contribution is 7.74. The molecule has 5 nitrogen and oxygen atoms in total. The maximum Gasteiger partial charge on any atom is 0.367 e. The molecule has 0 saturated heterocycles. The molecule has 0 aromatic carbocycles. The molecule has 0 saturated carbocycles. The molecule has 17 heavy (non-hydrogen) atoms. The second-order valence-electron chi connectivity index (χ2n) is 3.09. The molecule has 2 unspecified atom stereocenters. The van der Waals surface area contributed by atoms with E-state index in [-0.39, 0.29) is 10.6 Å². The first-order valence-corrected chi connectivity index (χ1v) is 9.38. The fourth-order valence-corrected chi connectivity index (χ4v) is 6.24. The summed E-state index contributed by atoms with van der Waals surface area (Å²) in [6.07, 6.45) is 0. The van der Waals surface area contributed by atoms with Crippen LogP contribution in [0.5, 0.6) is 0 Å². The van der Waals surface area contributed by atoms with E-state index >= 15 is 0 Å². The Morgan fingerprint density at radius 3 is 1.65 bits per heavy atom. The Bertz CT molecular complexity index is 525. The van der Waals surface area contributed by atoms with Crippen molar-refractivity contribution < 1.29 is 23.2 Å². The molecular weight excluding hydrogens is 302 g/mol. The van der Waals surface area contributed by atoms with Gasteiger partial charge in [0.05, 0.1) is 10.6 Å². The standard InChI is InChI=1S/C8H8O5P2S2/c9-14(10,7-1-3-16-5-7)13-15(11,12)8-2-4-17-6-8/h1-6H,(H,9,10)(H,11,12). The predicted molar refractivity (Wildman–Crippen MR) is 68.6 cm³/mol. The van der Waals surface area contributed by atoms with Gasteiger partial charge in [-0.25, -0.2) is 4.31 Å². The molecule has 0 spiro atoms. The van der Waals surface area contributed by atoms with Crippen LogP contribution in [-0.4, -0.2) is 9.79 Å². The van der Waals surface area contributed by atoms with Gasteiger partial charge in [0.15, 0.2) is 0 Å². The Morgan fingerprint density at radius 1 is 0.941 bits per heavy atom. The fraction of sp³-hybridized carbons (Fsp3) is 0. The average Bonchev–Trinajstić information content (AvgIpc) is 2.91. The van der Waals surface area contributed by atoms with Crippen molar-refractivity contribution in [3.63, 3.8) is 0 Å². The summed E-state index contributed by atoms with van der Waals surface area (Å²) in [7, 11) is -8.52. The maximum absolute atomic E-state index is 11.8. The Hall–Kier alpha value is -0.260. The van der Waals surface area contributed by atoms with Crippen molar-refractivity contribution in [2.24, 2.45) is 0 Å². The highest BCUT2D eigenvalue weighted by atomic mass is 32.1. The minimum atomic E-state index is -4.26. The zero-order chi connectivity index (χ0) is 12.5. The van der Waals surface area contributed by atoms with Gasteiger partial charge in [0.2, 0.25) is 0 Å². The Kier molecular flexibility index (Phi) is 3.71. The second-order valence-corrected chi connectivity index (χ2v) is 8.41. The first-order chi connectivity index (χ1) is 7.92. The third-order valence-corrected chi connectivity index (χ3v) is 7.23. The largest absolute Gasteiger partial charge is 0.367 e. The zero-order valence-corrected chi connectivity index (χ0v) is 11.7. The van der Waals surface area contributed by atoms with Crippen LogP contribution in [0.2, 0.25) is 0 Å². The topological polar surface area (TPSA) is 83.8 Å². The summed E-state index contributed by atoms with van der Waals surface area (Å²) < 4.78 is 28.1. The van der Waals surface area contributed by atoms with Crippen LogP contribution in [-0.2, 0) is 13.4 Å². The van der Waals surface area contributed by atoms with Gasteiger partial charge in [0, 0.05) is 10.8 Å². The number of hydrogen-bond donors (Lipinski definition) is 2. The summed E-state index contributed by atoms with van der Waals surface area (Å²) >= 11 is 2.42. The van der Waals surface area contributed by atoms with Gasteiger partial charge in [-0.1, -0.05) is 0 Å². The molecule has 2 rings (SSSR count). The molecule has 2 heterocycles. The molecule has 2 aromatic heterocycles. The van der Waals surface area contributed by atoms with Crippen LogP contribution in [0.15, 0.2) is 33.7 Å². The molecule has 92 valence electrons. The van der Waals surface area contributed by atoms with E-state index in [1.807, 2.05) is 0 Å². The van der Waals surface area contributed by atoms with E-state index in [9.17, 15) is 18.9 Å². The van der Waals surface area contributed by atoms with Gasteiger partial charge >= 0.3 is 15.2 Å². The van der Waals surface area contributed by atoms with Crippen LogP contribution in [0.1, 0.15) is 0 Å². The molecule has 0 aliphatic carbocycles. The molecule has 0 fully saturated rings. The third kappa shape index (κ3) is 2.95. The summed E-state index contributed by atoms with van der Waals surface area (Å²) in [5, 5.41) is 6.05. The van der Waals surface area contributed by atoms with Crippen molar-refractivity contribution >= 4 is 48.5 Å². The van der Waals surface area contributed by atoms with Crippen LogP contribution in [0.3, 0.4) is 0 Å². The van der Waals surface area contributed by atoms with E-state index in [1.54, 1.807) is 10.8 Å². The minimum Gasteiger partial charge on any atom is -0.321 e. The highest BCUT2D eigenvalue weighted by Crippen LogP contribution is 2.58. The van der Waals surface area contributed by atoms with Crippen LogP contribution in [0.25, 0.3) is 0 Å². The van der Waals surface area contributed by atoms with E-state index in [0.29, 0.717) is 0 Å². The summed E-state index contributed by atoms with van der Waals surface area (Å²) in [4.78, 5) is 19.2. The van der Waals surface area contributed by atoms with E-state index in [1.165, 1.54) is 45.6 Å². The lowest BCUT2D eigenvalue weighted by Gasteiger charge is -2.14. The molecule has 0 aliphatic heterocycles. The van der Waals surface area contributed by atoms with Crippen LogP contribution < -0.4 is 10.6 Å². The van der Waals surface area contributed by atoms with Crippen LogP contribution in [0, 0.1) is 0 Å². The minimum absolute atomic E-state index is 0.0204. The van der Waals surface area contributed by atoms with Gasteiger partial charge < -0.3 is 9.79 Å². The van der Waals surface area contributed by atoms with Crippen molar-refractivity contribution in [3.05, 3.63) is 33.7 Å². The summed E-state index contributed by atoms with van der Waals surface area (Å²) in [6.45, 7) is 0. The van der Waals surface area contributed by atoms with Gasteiger partial charge in [0.25, 0.3) is 0 Å². The van der Waals surface area contributed by atoms with E-state index in [2.05, 4.69) is 4.31 Å². The monoisotopic (exact) mass is 310 g/mol. The van der Waals surface area contributed by atoms with E-state index < -0.39 is 15.2 Å². The predicted octanol–water partition coefficient (Wildman–Crippen LogP) is 2.15. The van der Waals surface area contributed by atoms with Crippen molar-refractivity contribution in [2.75, 3.05) is 0 Å². The lowest BCUT2D eigenvalue weighted by Crippen LogP contribution is -2.08. The second kappa shape index (κ2) is 4.78. The first-order valence-electron chi connectivity index (χ1n) is 4.34. The molecule has 9 heteroatoms. The van der Waals surface area contributed by atoms with Crippen molar-refractivity contribution in [1.29, 1.82) is 0 Å². The lowest BCUT2D eigenvalue weighted by molar-refractivity contribution is 0.349. The molecule has 2 N–H and O–H groups in total. The average molecular weight is 310 g/mol. The maximum atomic E-state index is 11.8. The van der Waals surface area contributed by atoms with Crippen LogP contribution in [0.4, 0.5) is 0 Å². The Morgan fingerprint density at radius 2 is 1.35 bits per heavy atom. The molecule has 0 amide bonds. The Balaban J connectivity index is 2.28. The van der Waals surface area contributed by atoms with Gasteiger partial charge in [0.1, 0.15) is 0 Å². The normalized spacial score (nSPS) is 18.5. The quantitative estimate of drug-likeness (QED) is 0.845. The number of hydrogen-bond acceptors (Lipinski definition) is 5. The lowest BCUT2D eigenvalue weighted by atomic mass is 10.7.